The first-order valence-corrected chi connectivity index (χ1v) is 9.24. The van der Waals surface area contributed by atoms with Crippen LogP contribution in [0.1, 0.15) is 37.7 Å². The number of benzene rings is 2. The molecular weight excluding hydrogens is 314 g/mol. The second-order valence-electron chi connectivity index (χ2n) is 7.21. The summed E-state index contributed by atoms with van der Waals surface area (Å²) in [5.41, 5.74) is 1.04. The Morgan fingerprint density at radius 1 is 1.16 bits per heavy atom. The van der Waals surface area contributed by atoms with E-state index < -0.39 is 0 Å². The summed E-state index contributed by atoms with van der Waals surface area (Å²) in [6.45, 7) is 2.09. The molecule has 0 aliphatic carbocycles. The van der Waals surface area contributed by atoms with E-state index in [9.17, 15) is 4.79 Å². The van der Waals surface area contributed by atoms with Gasteiger partial charge in [-0.25, -0.2) is 0 Å². The molecule has 4 nitrogen and oxygen atoms in total. The highest BCUT2D eigenvalue weighted by atomic mass is 16.7. The zero-order chi connectivity index (χ0) is 17.1. The molecule has 2 atom stereocenters. The van der Waals surface area contributed by atoms with Gasteiger partial charge >= 0.3 is 0 Å². The molecule has 2 aromatic carbocycles. The Kier molecular flexibility index (Phi) is 4.73. The number of carbonyl (C=O) groups excluding carboxylic acids is 1. The minimum atomic E-state index is -0.185. The van der Waals surface area contributed by atoms with Crippen LogP contribution < -0.4 is 5.32 Å². The minimum Gasteiger partial charge on any atom is -0.355 e. The summed E-state index contributed by atoms with van der Waals surface area (Å²) in [4.78, 5) is 12.0. The molecule has 4 rings (SSSR count). The Labute approximate surface area is 148 Å². The SMILES string of the molecule is O=C1CC(CCOC2CCCCO2)(c2ccc3ccccc3c2)CN1. The van der Waals surface area contributed by atoms with Gasteiger partial charge in [-0.05, 0) is 42.0 Å². The molecule has 2 fully saturated rings. The molecule has 0 aromatic heterocycles. The van der Waals surface area contributed by atoms with Gasteiger partial charge in [-0.3, -0.25) is 4.79 Å². The molecule has 0 radical (unpaired) electrons. The largest absolute Gasteiger partial charge is 0.355 e. The number of hydrogen-bond donors (Lipinski definition) is 1. The maximum absolute atomic E-state index is 12.0. The number of hydrogen-bond acceptors (Lipinski definition) is 3. The Morgan fingerprint density at radius 2 is 2.04 bits per heavy atom. The van der Waals surface area contributed by atoms with Crippen molar-refractivity contribution < 1.29 is 14.3 Å². The van der Waals surface area contributed by atoms with Gasteiger partial charge < -0.3 is 14.8 Å². The van der Waals surface area contributed by atoms with Crippen LogP contribution >= 0.6 is 0 Å². The second kappa shape index (κ2) is 7.14. The molecule has 1 N–H and O–H groups in total. The van der Waals surface area contributed by atoms with Crippen molar-refractivity contribution >= 4 is 16.7 Å². The molecule has 2 unspecified atom stereocenters. The van der Waals surface area contributed by atoms with Gasteiger partial charge in [0, 0.05) is 25.0 Å². The van der Waals surface area contributed by atoms with Crippen molar-refractivity contribution in [3.63, 3.8) is 0 Å². The summed E-state index contributed by atoms with van der Waals surface area (Å²) >= 11 is 0. The summed E-state index contributed by atoms with van der Waals surface area (Å²) in [5.74, 6) is 0.127. The lowest BCUT2D eigenvalue weighted by molar-refractivity contribution is -0.164. The standard InChI is InChI=1S/C21H25NO3/c23-19-14-21(15-22-19,10-12-25-20-7-3-4-11-24-20)18-9-8-16-5-1-2-6-17(16)13-18/h1-2,5-6,8-9,13,20H,3-4,7,10-12,14-15H2,(H,22,23). The van der Waals surface area contributed by atoms with Crippen molar-refractivity contribution in [2.24, 2.45) is 0 Å². The quantitative estimate of drug-likeness (QED) is 0.906. The number of amides is 1. The predicted molar refractivity (Wildman–Crippen MR) is 97.4 cm³/mol. The first-order chi connectivity index (χ1) is 12.3. The maximum Gasteiger partial charge on any atom is 0.220 e. The zero-order valence-corrected chi connectivity index (χ0v) is 14.5. The Morgan fingerprint density at radius 3 is 2.80 bits per heavy atom. The van der Waals surface area contributed by atoms with Crippen LogP contribution in [0.4, 0.5) is 0 Å². The van der Waals surface area contributed by atoms with E-state index in [1.54, 1.807) is 0 Å². The highest BCUT2D eigenvalue weighted by molar-refractivity contribution is 5.85. The van der Waals surface area contributed by atoms with Crippen molar-refractivity contribution in [2.75, 3.05) is 19.8 Å². The maximum atomic E-state index is 12.0. The molecule has 0 saturated carbocycles. The molecule has 0 spiro atoms. The predicted octanol–water partition coefficient (Wildman–Crippen LogP) is 3.53. The van der Waals surface area contributed by atoms with Crippen molar-refractivity contribution in [1.82, 2.24) is 5.32 Å². The van der Waals surface area contributed by atoms with Crippen LogP contribution in [0.15, 0.2) is 42.5 Å². The molecule has 4 heteroatoms. The zero-order valence-electron chi connectivity index (χ0n) is 14.5. The van der Waals surface area contributed by atoms with Crippen LogP contribution in [0.25, 0.3) is 10.8 Å². The third-order valence-electron chi connectivity index (χ3n) is 5.51. The Balaban J connectivity index is 1.52. The number of rotatable bonds is 5. The summed E-state index contributed by atoms with van der Waals surface area (Å²) in [5, 5.41) is 5.46. The van der Waals surface area contributed by atoms with Crippen molar-refractivity contribution in [3.8, 4) is 0 Å². The smallest absolute Gasteiger partial charge is 0.220 e. The van der Waals surface area contributed by atoms with Gasteiger partial charge in [0.15, 0.2) is 6.29 Å². The van der Waals surface area contributed by atoms with E-state index in [0.717, 1.165) is 25.9 Å². The van der Waals surface area contributed by atoms with Crippen LogP contribution in [0.2, 0.25) is 0 Å². The highest BCUT2D eigenvalue weighted by Crippen LogP contribution is 2.36. The fourth-order valence-electron chi connectivity index (χ4n) is 3.97. The number of ether oxygens (including phenoxy) is 2. The number of nitrogens with one attached hydrogen (secondary N) is 1. The average Bonchev–Trinajstić information content (AvgIpc) is 3.04. The Hall–Kier alpha value is -1.91. The van der Waals surface area contributed by atoms with Crippen LogP contribution in [-0.4, -0.2) is 32.0 Å². The fraction of sp³-hybridized carbons (Fsp3) is 0.476. The lowest BCUT2D eigenvalue weighted by atomic mass is 9.76. The summed E-state index contributed by atoms with van der Waals surface area (Å²) in [6.07, 6.45) is 4.54. The van der Waals surface area contributed by atoms with Crippen molar-refractivity contribution in [1.29, 1.82) is 0 Å². The molecule has 2 saturated heterocycles. The van der Waals surface area contributed by atoms with Crippen LogP contribution in [0.3, 0.4) is 0 Å². The van der Waals surface area contributed by atoms with E-state index in [4.69, 9.17) is 9.47 Å². The van der Waals surface area contributed by atoms with Gasteiger partial charge in [-0.2, -0.15) is 0 Å². The van der Waals surface area contributed by atoms with E-state index in [1.807, 2.05) is 0 Å². The molecule has 0 bridgehead atoms. The van der Waals surface area contributed by atoms with E-state index in [2.05, 4.69) is 47.8 Å². The normalized spacial score (nSPS) is 26.7. The third kappa shape index (κ3) is 3.55. The third-order valence-corrected chi connectivity index (χ3v) is 5.51. The number of carbonyl (C=O) groups is 1. The minimum absolute atomic E-state index is 0.0764. The molecule has 1 amide bonds. The summed E-state index contributed by atoms with van der Waals surface area (Å²) < 4.78 is 11.6. The van der Waals surface area contributed by atoms with Gasteiger partial charge in [0.25, 0.3) is 0 Å². The van der Waals surface area contributed by atoms with E-state index in [-0.39, 0.29) is 17.6 Å². The van der Waals surface area contributed by atoms with Gasteiger partial charge in [-0.15, -0.1) is 0 Å². The van der Waals surface area contributed by atoms with Crippen molar-refractivity contribution in [2.45, 2.75) is 43.8 Å². The molecule has 25 heavy (non-hydrogen) atoms. The lowest BCUT2D eigenvalue weighted by Crippen LogP contribution is -2.32. The van der Waals surface area contributed by atoms with Crippen LogP contribution in [0, 0.1) is 0 Å². The topological polar surface area (TPSA) is 47.6 Å². The molecular formula is C21H25NO3. The van der Waals surface area contributed by atoms with Gasteiger partial charge in [-0.1, -0.05) is 42.5 Å². The van der Waals surface area contributed by atoms with Gasteiger partial charge in [0.05, 0.1) is 6.61 Å². The molecule has 132 valence electrons. The lowest BCUT2D eigenvalue weighted by Gasteiger charge is -2.30. The monoisotopic (exact) mass is 339 g/mol. The average molecular weight is 339 g/mol. The van der Waals surface area contributed by atoms with E-state index in [0.29, 0.717) is 19.6 Å². The van der Waals surface area contributed by atoms with Crippen LogP contribution in [-0.2, 0) is 19.7 Å². The molecule has 2 aliphatic heterocycles. The first kappa shape index (κ1) is 16.6. The van der Waals surface area contributed by atoms with Gasteiger partial charge in [0.1, 0.15) is 0 Å². The highest BCUT2D eigenvalue weighted by Gasteiger charge is 2.40. The summed E-state index contributed by atoms with van der Waals surface area (Å²) in [7, 11) is 0. The molecule has 2 heterocycles. The first-order valence-electron chi connectivity index (χ1n) is 9.24. The fourth-order valence-corrected chi connectivity index (χ4v) is 3.97. The Bertz CT molecular complexity index is 754. The summed E-state index contributed by atoms with van der Waals surface area (Å²) in [6, 6.07) is 14.9. The number of fused-ring (bicyclic) bond motifs is 1. The van der Waals surface area contributed by atoms with Gasteiger partial charge in [0.2, 0.25) is 5.91 Å². The second-order valence-corrected chi connectivity index (χ2v) is 7.21. The molecule has 2 aromatic rings. The van der Waals surface area contributed by atoms with E-state index >= 15 is 0 Å². The van der Waals surface area contributed by atoms with Crippen molar-refractivity contribution in [3.05, 3.63) is 48.0 Å². The van der Waals surface area contributed by atoms with E-state index in [1.165, 1.54) is 22.8 Å². The van der Waals surface area contributed by atoms with Crippen LogP contribution in [0.5, 0.6) is 0 Å². The molecule has 2 aliphatic rings.